The van der Waals surface area contributed by atoms with Crippen molar-refractivity contribution < 1.29 is 0 Å². The van der Waals surface area contributed by atoms with Crippen LogP contribution in [0.25, 0.3) is 11.0 Å². The Balaban J connectivity index is 1.65. The molecule has 1 fully saturated rings. The summed E-state index contributed by atoms with van der Waals surface area (Å²) < 4.78 is 1.84. The molecule has 19 heavy (non-hydrogen) atoms. The number of nitrogens with zero attached hydrogens (tertiary/aromatic N) is 2. The lowest BCUT2D eigenvalue weighted by atomic mass is 10.3. The lowest BCUT2D eigenvalue weighted by molar-refractivity contribution is 0.234. The molecule has 102 valence electrons. The van der Waals surface area contributed by atoms with E-state index in [1.54, 1.807) is 0 Å². The van der Waals surface area contributed by atoms with Gasteiger partial charge in [-0.15, -0.1) is 0 Å². The van der Waals surface area contributed by atoms with Crippen LogP contribution in [0.3, 0.4) is 0 Å². The van der Waals surface area contributed by atoms with Gasteiger partial charge >= 0.3 is 5.69 Å². The molecule has 0 saturated carbocycles. The van der Waals surface area contributed by atoms with E-state index in [-0.39, 0.29) is 5.69 Å². The minimum atomic E-state index is 0.00140. The number of aryl methyl sites for hydroxylation is 1. The summed E-state index contributed by atoms with van der Waals surface area (Å²) in [7, 11) is 0. The maximum absolute atomic E-state index is 11.9. The average Bonchev–Trinajstić information content (AvgIpc) is 2.76. The second-order valence-corrected chi connectivity index (χ2v) is 5.04. The van der Waals surface area contributed by atoms with Gasteiger partial charge in [-0.1, -0.05) is 12.1 Å². The predicted octanol–water partition coefficient (Wildman–Crippen LogP) is 0.625. The molecule has 0 amide bonds. The Morgan fingerprint density at radius 3 is 2.74 bits per heavy atom. The third-order valence-electron chi connectivity index (χ3n) is 3.75. The smallest absolute Gasteiger partial charge is 0.314 e. The summed E-state index contributed by atoms with van der Waals surface area (Å²) in [6, 6.07) is 7.87. The zero-order valence-corrected chi connectivity index (χ0v) is 11.1. The zero-order valence-electron chi connectivity index (χ0n) is 11.1. The number of rotatable bonds is 4. The number of aromatic amines is 1. The molecule has 1 aromatic carbocycles. The fourth-order valence-electron chi connectivity index (χ4n) is 2.72. The first-order valence-electron chi connectivity index (χ1n) is 6.95. The SMILES string of the molecule is O=c1[nH]c2ccccc2n1CCCN1CCNCC1. The van der Waals surface area contributed by atoms with E-state index >= 15 is 0 Å². The number of aromatic nitrogens is 2. The number of imidazole rings is 1. The molecule has 5 heteroatoms. The molecular weight excluding hydrogens is 240 g/mol. The van der Waals surface area contributed by atoms with Crippen LogP contribution in [0.1, 0.15) is 6.42 Å². The molecule has 3 rings (SSSR count). The van der Waals surface area contributed by atoms with Crippen LogP contribution < -0.4 is 11.0 Å². The van der Waals surface area contributed by atoms with Gasteiger partial charge in [-0.05, 0) is 25.1 Å². The van der Waals surface area contributed by atoms with E-state index in [0.29, 0.717) is 0 Å². The zero-order chi connectivity index (χ0) is 13.1. The van der Waals surface area contributed by atoms with E-state index in [9.17, 15) is 4.79 Å². The highest BCUT2D eigenvalue weighted by Gasteiger charge is 2.10. The van der Waals surface area contributed by atoms with Gasteiger partial charge in [-0.2, -0.15) is 0 Å². The van der Waals surface area contributed by atoms with E-state index in [1.807, 2.05) is 28.8 Å². The summed E-state index contributed by atoms with van der Waals surface area (Å²) in [4.78, 5) is 17.3. The molecule has 0 unspecified atom stereocenters. The number of hydrogen-bond acceptors (Lipinski definition) is 3. The fraction of sp³-hybridized carbons (Fsp3) is 0.500. The van der Waals surface area contributed by atoms with Crippen molar-refractivity contribution in [2.75, 3.05) is 32.7 Å². The molecular formula is C14H20N4O. The normalized spacial score (nSPS) is 17.1. The van der Waals surface area contributed by atoms with Crippen molar-refractivity contribution in [2.24, 2.45) is 0 Å². The maximum atomic E-state index is 11.9. The molecule has 0 bridgehead atoms. The monoisotopic (exact) mass is 260 g/mol. The van der Waals surface area contributed by atoms with Gasteiger partial charge in [-0.3, -0.25) is 4.57 Å². The number of fused-ring (bicyclic) bond motifs is 1. The average molecular weight is 260 g/mol. The summed E-state index contributed by atoms with van der Waals surface area (Å²) in [5.74, 6) is 0. The van der Waals surface area contributed by atoms with Gasteiger partial charge in [0.25, 0.3) is 0 Å². The fourth-order valence-corrected chi connectivity index (χ4v) is 2.72. The number of piperazine rings is 1. The molecule has 1 aliphatic rings. The largest absolute Gasteiger partial charge is 0.326 e. The molecule has 2 N–H and O–H groups in total. The van der Waals surface area contributed by atoms with Gasteiger partial charge in [0, 0.05) is 32.7 Å². The highest BCUT2D eigenvalue weighted by Crippen LogP contribution is 2.09. The summed E-state index contributed by atoms with van der Waals surface area (Å²) in [5.41, 5.74) is 1.93. The van der Waals surface area contributed by atoms with Gasteiger partial charge in [0.05, 0.1) is 11.0 Å². The topological polar surface area (TPSA) is 53.1 Å². The Hall–Kier alpha value is -1.59. The first-order chi connectivity index (χ1) is 9.34. The Labute approximate surface area is 112 Å². The standard InChI is InChI=1S/C14H20N4O/c19-14-16-12-4-1-2-5-13(12)18(14)9-3-8-17-10-6-15-7-11-17/h1-2,4-5,15H,3,6-11H2,(H,16,19). The number of para-hydroxylation sites is 2. The molecule has 5 nitrogen and oxygen atoms in total. The van der Waals surface area contributed by atoms with Crippen LogP contribution >= 0.6 is 0 Å². The van der Waals surface area contributed by atoms with Crippen LogP contribution in [-0.4, -0.2) is 47.2 Å². The third kappa shape index (κ3) is 2.72. The molecule has 2 heterocycles. The Kier molecular flexibility index (Phi) is 3.66. The van der Waals surface area contributed by atoms with Gasteiger partial charge in [-0.25, -0.2) is 4.79 Å². The highest BCUT2D eigenvalue weighted by atomic mass is 16.1. The van der Waals surface area contributed by atoms with Gasteiger partial charge in [0.1, 0.15) is 0 Å². The van der Waals surface area contributed by atoms with E-state index in [1.165, 1.54) is 0 Å². The Morgan fingerprint density at radius 1 is 1.11 bits per heavy atom. The predicted molar refractivity (Wildman–Crippen MR) is 76.5 cm³/mol. The van der Waals surface area contributed by atoms with Crippen LogP contribution in [0.4, 0.5) is 0 Å². The molecule has 0 radical (unpaired) electrons. The van der Waals surface area contributed by atoms with Crippen molar-refractivity contribution >= 4 is 11.0 Å². The number of hydrogen-bond donors (Lipinski definition) is 2. The molecule has 0 spiro atoms. The minimum absolute atomic E-state index is 0.00140. The molecule has 0 aliphatic carbocycles. The summed E-state index contributed by atoms with van der Waals surface area (Å²) >= 11 is 0. The van der Waals surface area contributed by atoms with Crippen molar-refractivity contribution in [3.05, 3.63) is 34.7 Å². The van der Waals surface area contributed by atoms with E-state index in [4.69, 9.17) is 0 Å². The summed E-state index contributed by atoms with van der Waals surface area (Å²) in [6.45, 7) is 6.23. The van der Waals surface area contributed by atoms with Gasteiger partial charge in [0.2, 0.25) is 0 Å². The molecule has 1 aliphatic heterocycles. The number of H-pyrrole nitrogens is 1. The Morgan fingerprint density at radius 2 is 1.89 bits per heavy atom. The van der Waals surface area contributed by atoms with Gasteiger partial charge < -0.3 is 15.2 Å². The summed E-state index contributed by atoms with van der Waals surface area (Å²) in [5, 5.41) is 3.35. The van der Waals surface area contributed by atoms with Crippen LogP contribution in [0, 0.1) is 0 Å². The first kappa shape index (κ1) is 12.4. The maximum Gasteiger partial charge on any atom is 0.326 e. The Bertz CT molecular complexity index is 595. The van der Waals surface area contributed by atoms with Gasteiger partial charge in [0.15, 0.2) is 0 Å². The van der Waals surface area contributed by atoms with Crippen molar-refractivity contribution in [2.45, 2.75) is 13.0 Å². The first-order valence-corrected chi connectivity index (χ1v) is 6.95. The van der Waals surface area contributed by atoms with E-state index < -0.39 is 0 Å². The third-order valence-corrected chi connectivity index (χ3v) is 3.75. The van der Waals surface area contributed by atoms with Crippen molar-refractivity contribution in [1.29, 1.82) is 0 Å². The molecule has 1 aromatic heterocycles. The molecule has 2 aromatic rings. The van der Waals surface area contributed by atoms with Crippen molar-refractivity contribution in [1.82, 2.24) is 19.8 Å². The molecule has 1 saturated heterocycles. The second-order valence-electron chi connectivity index (χ2n) is 5.04. The van der Waals surface area contributed by atoms with Crippen LogP contribution in [0.2, 0.25) is 0 Å². The second kappa shape index (κ2) is 5.59. The number of nitrogens with one attached hydrogen (secondary N) is 2. The van der Waals surface area contributed by atoms with Crippen molar-refractivity contribution in [3.63, 3.8) is 0 Å². The molecule has 0 atom stereocenters. The minimum Gasteiger partial charge on any atom is -0.314 e. The van der Waals surface area contributed by atoms with Crippen LogP contribution in [0.15, 0.2) is 29.1 Å². The quantitative estimate of drug-likeness (QED) is 0.847. The van der Waals surface area contributed by atoms with Crippen LogP contribution in [0.5, 0.6) is 0 Å². The van der Waals surface area contributed by atoms with E-state index in [0.717, 1.165) is 56.7 Å². The summed E-state index contributed by atoms with van der Waals surface area (Å²) in [6.07, 6.45) is 1.02. The van der Waals surface area contributed by atoms with Crippen LogP contribution in [-0.2, 0) is 6.54 Å². The van der Waals surface area contributed by atoms with Crippen molar-refractivity contribution in [3.8, 4) is 0 Å². The lowest BCUT2D eigenvalue weighted by Gasteiger charge is -2.27. The highest BCUT2D eigenvalue weighted by molar-refractivity contribution is 5.74. The lowest BCUT2D eigenvalue weighted by Crippen LogP contribution is -2.44. The number of benzene rings is 1. The van der Waals surface area contributed by atoms with E-state index in [2.05, 4.69) is 15.2 Å².